The lowest BCUT2D eigenvalue weighted by atomic mass is 9.85. The lowest BCUT2D eigenvalue weighted by molar-refractivity contribution is 0.321. The third kappa shape index (κ3) is 2.69. The first-order chi connectivity index (χ1) is 7.29. The number of rotatable bonds is 5. The molecule has 1 aliphatic carbocycles. The third-order valence-electron chi connectivity index (χ3n) is 2.98. The lowest BCUT2D eigenvalue weighted by Crippen LogP contribution is -2.29. The van der Waals surface area contributed by atoms with E-state index in [0.717, 1.165) is 17.6 Å². The van der Waals surface area contributed by atoms with Crippen molar-refractivity contribution in [1.29, 1.82) is 0 Å². The van der Waals surface area contributed by atoms with Gasteiger partial charge < -0.3 is 10.2 Å². The number of aromatic nitrogens is 1. The van der Waals surface area contributed by atoms with Crippen LogP contribution in [0.4, 0.5) is 5.13 Å². The molecule has 4 heteroatoms. The lowest BCUT2D eigenvalue weighted by Gasteiger charge is -2.29. The second-order valence-electron chi connectivity index (χ2n) is 4.32. The highest BCUT2D eigenvalue weighted by molar-refractivity contribution is 7.15. The number of nitrogens with zero attached hydrogens (tertiary/aromatic N) is 2. The van der Waals surface area contributed by atoms with Gasteiger partial charge in [0.25, 0.3) is 0 Å². The highest BCUT2D eigenvalue weighted by atomic mass is 32.1. The molecule has 1 aromatic heterocycles. The molecule has 2 rings (SSSR count). The normalized spacial score (nSPS) is 16.4. The number of hydrogen-bond acceptors (Lipinski definition) is 4. The van der Waals surface area contributed by atoms with Gasteiger partial charge in [-0.25, -0.2) is 4.98 Å². The first kappa shape index (κ1) is 10.9. The molecule has 0 atom stereocenters. The van der Waals surface area contributed by atoms with E-state index in [2.05, 4.69) is 22.2 Å². The fraction of sp³-hybridized carbons (Fsp3) is 0.727. The van der Waals surface area contributed by atoms with Crippen LogP contribution in [0.15, 0.2) is 6.20 Å². The van der Waals surface area contributed by atoms with Crippen molar-refractivity contribution in [3.05, 3.63) is 11.1 Å². The average Bonchev–Trinajstić information content (AvgIpc) is 2.60. The molecule has 0 aromatic carbocycles. The molecule has 1 fully saturated rings. The molecule has 1 N–H and O–H groups in total. The highest BCUT2D eigenvalue weighted by Gasteiger charge is 2.20. The topological polar surface area (TPSA) is 28.2 Å². The molecule has 0 radical (unpaired) electrons. The van der Waals surface area contributed by atoms with E-state index in [9.17, 15) is 0 Å². The summed E-state index contributed by atoms with van der Waals surface area (Å²) in [6, 6.07) is 0. The summed E-state index contributed by atoms with van der Waals surface area (Å²) in [6.07, 6.45) is 6.20. The maximum atomic E-state index is 4.45. The molecule has 0 amide bonds. The molecule has 0 aliphatic heterocycles. The van der Waals surface area contributed by atoms with Crippen molar-refractivity contribution >= 4 is 16.5 Å². The van der Waals surface area contributed by atoms with Gasteiger partial charge in [0.1, 0.15) is 0 Å². The van der Waals surface area contributed by atoms with Crippen LogP contribution in [0.3, 0.4) is 0 Å². The van der Waals surface area contributed by atoms with Crippen molar-refractivity contribution in [3.8, 4) is 0 Å². The van der Waals surface area contributed by atoms with E-state index in [1.807, 2.05) is 13.2 Å². The SMILES string of the molecule is CNCc1cnc(N(C)CC2CCC2)s1. The van der Waals surface area contributed by atoms with Crippen LogP contribution in [0.1, 0.15) is 24.1 Å². The zero-order valence-corrected chi connectivity index (χ0v) is 10.3. The molecule has 3 nitrogen and oxygen atoms in total. The van der Waals surface area contributed by atoms with E-state index in [1.165, 1.54) is 30.7 Å². The summed E-state index contributed by atoms with van der Waals surface area (Å²) in [7, 11) is 4.12. The number of anilines is 1. The summed E-state index contributed by atoms with van der Waals surface area (Å²) in [6.45, 7) is 2.10. The molecule has 0 bridgehead atoms. The van der Waals surface area contributed by atoms with E-state index in [-0.39, 0.29) is 0 Å². The zero-order chi connectivity index (χ0) is 10.7. The third-order valence-corrected chi connectivity index (χ3v) is 4.09. The van der Waals surface area contributed by atoms with Crippen LogP contribution in [0.25, 0.3) is 0 Å². The quantitative estimate of drug-likeness (QED) is 0.832. The van der Waals surface area contributed by atoms with Gasteiger partial charge in [-0.05, 0) is 25.8 Å². The zero-order valence-electron chi connectivity index (χ0n) is 9.49. The molecule has 0 saturated heterocycles. The van der Waals surface area contributed by atoms with Crippen molar-refractivity contribution in [2.24, 2.45) is 5.92 Å². The Morgan fingerprint density at radius 1 is 1.60 bits per heavy atom. The Balaban J connectivity index is 1.89. The second kappa shape index (κ2) is 4.94. The van der Waals surface area contributed by atoms with E-state index < -0.39 is 0 Å². The molecule has 0 unspecified atom stereocenters. The average molecular weight is 225 g/mol. The highest BCUT2D eigenvalue weighted by Crippen LogP contribution is 2.29. The van der Waals surface area contributed by atoms with Crippen molar-refractivity contribution in [3.63, 3.8) is 0 Å². The van der Waals surface area contributed by atoms with Gasteiger partial charge in [-0.1, -0.05) is 6.42 Å². The van der Waals surface area contributed by atoms with E-state index in [0.29, 0.717) is 0 Å². The first-order valence-electron chi connectivity index (χ1n) is 5.60. The summed E-state index contributed by atoms with van der Waals surface area (Å²) in [5.41, 5.74) is 0. The van der Waals surface area contributed by atoms with Crippen LogP contribution in [0, 0.1) is 5.92 Å². The summed E-state index contributed by atoms with van der Waals surface area (Å²) >= 11 is 1.79. The van der Waals surface area contributed by atoms with Gasteiger partial charge in [-0.15, -0.1) is 11.3 Å². The number of hydrogen-bond donors (Lipinski definition) is 1. The summed E-state index contributed by atoms with van der Waals surface area (Å²) in [5.74, 6) is 0.909. The number of thiazole rings is 1. The fourth-order valence-electron chi connectivity index (χ4n) is 1.87. The predicted molar refractivity (Wildman–Crippen MR) is 65.5 cm³/mol. The molecular formula is C11H19N3S. The van der Waals surface area contributed by atoms with Crippen LogP contribution in [0.2, 0.25) is 0 Å². The minimum absolute atomic E-state index is 0.909. The molecule has 84 valence electrons. The number of nitrogens with one attached hydrogen (secondary N) is 1. The maximum Gasteiger partial charge on any atom is 0.185 e. The molecule has 1 aromatic rings. The monoisotopic (exact) mass is 225 g/mol. The van der Waals surface area contributed by atoms with Crippen LogP contribution in [-0.2, 0) is 6.54 Å². The molecule has 1 aliphatic rings. The Labute approximate surface area is 95.5 Å². The van der Waals surface area contributed by atoms with E-state index >= 15 is 0 Å². The van der Waals surface area contributed by atoms with Crippen LogP contribution in [-0.4, -0.2) is 25.6 Å². The van der Waals surface area contributed by atoms with Gasteiger partial charge in [-0.3, -0.25) is 0 Å². The maximum absolute atomic E-state index is 4.45. The van der Waals surface area contributed by atoms with Crippen molar-refractivity contribution < 1.29 is 0 Å². The minimum Gasteiger partial charge on any atom is -0.351 e. The Morgan fingerprint density at radius 3 is 3.00 bits per heavy atom. The standard InChI is InChI=1S/C11H19N3S/c1-12-6-10-7-13-11(15-10)14(2)8-9-4-3-5-9/h7,9,12H,3-6,8H2,1-2H3. The van der Waals surface area contributed by atoms with Gasteiger partial charge in [0.2, 0.25) is 0 Å². The van der Waals surface area contributed by atoms with Crippen LogP contribution in [0.5, 0.6) is 0 Å². The van der Waals surface area contributed by atoms with E-state index in [1.54, 1.807) is 11.3 Å². The Bertz CT molecular complexity index is 307. The summed E-state index contributed by atoms with van der Waals surface area (Å²) in [5, 5.41) is 4.31. The van der Waals surface area contributed by atoms with Crippen molar-refractivity contribution in [2.45, 2.75) is 25.8 Å². The first-order valence-corrected chi connectivity index (χ1v) is 6.41. The fourth-order valence-corrected chi connectivity index (χ4v) is 2.76. The molecule has 1 heterocycles. The summed E-state index contributed by atoms with van der Waals surface area (Å²) < 4.78 is 0. The molecule has 15 heavy (non-hydrogen) atoms. The summed E-state index contributed by atoms with van der Waals surface area (Å²) in [4.78, 5) is 8.06. The smallest absolute Gasteiger partial charge is 0.185 e. The van der Waals surface area contributed by atoms with Crippen LogP contribution < -0.4 is 10.2 Å². The van der Waals surface area contributed by atoms with Crippen molar-refractivity contribution in [2.75, 3.05) is 25.5 Å². The van der Waals surface area contributed by atoms with Crippen LogP contribution >= 0.6 is 11.3 Å². The Hall–Kier alpha value is -0.610. The van der Waals surface area contributed by atoms with Gasteiger partial charge in [0.05, 0.1) is 0 Å². The Kier molecular flexibility index (Phi) is 3.59. The largest absolute Gasteiger partial charge is 0.351 e. The van der Waals surface area contributed by atoms with E-state index in [4.69, 9.17) is 0 Å². The molecule has 1 saturated carbocycles. The molecular weight excluding hydrogens is 206 g/mol. The second-order valence-corrected chi connectivity index (χ2v) is 5.41. The Morgan fingerprint density at radius 2 is 2.40 bits per heavy atom. The minimum atomic E-state index is 0.909. The van der Waals surface area contributed by atoms with Crippen molar-refractivity contribution in [1.82, 2.24) is 10.3 Å². The van der Waals surface area contributed by atoms with Gasteiger partial charge in [0, 0.05) is 31.2 Å². The van der Waals surface area contributed by atoms with Gasteiger partial charge >= 0.3 is 0 Å². The van der Waals surface area contributed by atoms with Gasteiger partial charge in [0.15, 0.2) is 5.13 Å². The predicted octanol–water partition coefficient (Wildman–Crippen LogP) is 2.10. The molecule has 0 spiro atoms. The van der Waals surface area contributed by atoms with Gasteiger partial charge in [-0.2, -0.15) is 0 Å².